The number of rotatable bonds is 1. The second-order valence-corrected chi connectivity index (χ2v) is 3.20. The Morgan fingerprint density at radius 2 is 2.36 bits per heavy atom. The van der Waals surface area contributed by atoms with Gasteiger partial charge in [-0.3, -0.25) is 9.48 Å². The van der Waals surface area contributed by atoms with Crippen LogP contribution in [0, 0.1) is 0 Å². The van der Waals surface area contributed by atoms with Gasteiger partial charge in [0.1, 0.15) is 6.04 Å². The van der Waals surface area contributed by atoms with E-state index in [-0.39, 0.29) is 6.61 Å². The van der Waals surface area contributed by atoms with Crippen molar-refractivity contribution in [1.82, 2.24) is 4.90 Å². The van der Waals surface area contributed by atoms with Gasteiger partial charge in [-0.2, -0.15) is 0 Å². The molecule has 0 fully saturated rings. The van der Waals surface area contributed by atoms with E-state index < -0.39 is 0 Å². The Balaban J connectivity index is 2.73. The third-order valence-electron chi connectivity index (χ3n) is 2.62. The first-order chi connectivity index (χ1) is 5.16. The lowest BCUT2D eigenvalue weighted by Gasteiger charge is -2.27. The van der Waals surface area contributed by atoms with Crippen LogP contribution < -0.4 is 0 Å². The van der Waals surface area contributed by atoms with Crippen molar-refractivity contribution in [3.8, 4) is 0 Å². The Morgan fingerprint density at radius 1 is 1.73 bits per heavy atom. The second-order valence-electron chi connectivity index (χ2n) is 3.20. The Kier molecular flexibility index (Phi) is 2.49. The Hall–Kier alpha value is -0.570. The molecule has 0 saturated heterocycles. The van der Waals surface area contributed by atoms with Gasteiger partial charge in [0.25, 0.3) is 0 Å². The van der Waals surface area contributed by atoms with Gasteiger partial charge in [0.2, 0.25) is 5.84 Å². The van der Waals surface area contributed by atoms with E-state index in [1.165, 1.54) is 5.84 Å². The number of likely N-dealkylation sites (N-methyl/N-ethyl adjacent to an activating group) is 1. The van der Waals surface area contributed by atoms with Crippen LogP contribution in [-0.2, 0) is 0 Å². The van der Waals surface area contributed by atoms with Crippen molar-refractivity contribution in [2.45, 2.75) is 19.4 Å². The summed E-state index contributed by atoms with van der Waals surface area (Å²) in [7, 11) is 4.12. The van der Waals surface area contributed by atoms with Crippen molar-refractivity contribution in [2.24, 2.45) is 0 Å². The molecule has 0 saturated carbocycles. The summed E-state index contributed by atoms with van der Waals surface area (Å²) in [6, 6.07) is 0.325. The van der Waals surface area contributed by atoms with Crippen molar-refractivity contribution in [1.29, 1.82) is 0 Å². The summed E-state index contributed by atoms with van der Waals surface area (Å²) in [5, 5.41) is 8.99. The van der Waals surface area contributed by atoms with E-state index in [0.717, 1.165) is 13.0 Å². The number of hydrogen-bond acceptors (Lipinski definition) is 2. The minimum atomic E-state index is 0.266. The minimum absolute atomic E-state index is 0.266. The Morgan fingerprint density at radius 3 is 2.91 bits per heavy atom. The molecule has 0 radical (unpaired) electrons. The first-order valence-corrected chi connectivity index (χ1v) is 4.05. The molecule has 1 unspecified atom stereocenters. The molecule has 64 valence electrons. The molecule has 0 spiro atoms. The predicted molar refractivity (Wildman–Crippen MR) is 45.0 cm³/mol. The quantitative estimate of drug-likeness (QED) is 0.531. The Bertz CT molecular complexity index is 177. The second kappa shape index (κ2) is 3.22. The molecular weight excluding hydrogens is 140 g/mol. The first-order valence-electron chi connectivity index (χ1n) is 4.05. The van der Waals surface area contributed by atoms with Gasteiger partial charge in [0, 0.05) is 13.3 Å². The largest absolute Gasteiger partial charge is 0.392 e. The maximum absolute atomic E-state index is 8.99. The van der Waals surface area contributed by atoms with Crippen LogP contribution in [0.15, 0.2) is 0 Å². The average Bonchev–Trinajstić information content (AvgIpc) is 2.01. The summed E-state index contributed by atoms with van der Waals surface area (Å²) >= 11 is 0. The van der Waals surface area contributed by atoms with E-state index in [0.29, 0.717) is 6.04 Å². The molecule has 1 atom stereocenters. The summed E-state index contributed by atoms with van der Waals surface area (Å²) in [6.07, 6.45) is 1.06. The number of nitrogens with zero attached hydrogens (tertiary/aromatic N) is 2. The Labute approximate surface area is 67.9 Å². The molecule has 0 bridgehead atoms. The lowest BCUT2D eigenvalue weighted by molar-refractivity contribution is -0.511. The molecule has 11 heavy (non-hydrogen) atoms. The normalized spacial score (nSPS) is 26.2. The lowest BCUT2D eigenvalue weighted by atomic mass is 10.1. The SMILES string of the molecule is CC1=[N+](C)CCC(CO)N1C. The standard InChI is InChI=1S/C8H17N2O/c1-7-9(2)5-4-8(6-11)10(7)3/h8,11H,4-6H2,1-3H3/q+1. The highest BCUT2D eigenvalue weighted by molar-refractivity contribution is 5.75. The van der Waals surface area contributed by atoms with Crippen LogP contribution >= 0.6 is 0 Å². The van der Waals surface area contributed by atoms with Crippen molar-refractivity contribution < 1.29 is 9.68 Å². The van der Waals surface area contributed by atoms with Gasteiger partial charge in [0.05, 0.1) is 27.2 Å². The summed E-state index contributed by atoms with van der Waals surface area (Å²) in [5.41, 5.74) is 0. The van der Waals surface area contributed by atoms with Gasteiger partial charge < -0.3 is 5.11 Å². The molecule has 1 heterocycles. The zero-order chi connectivity index (χ0) is 8.43. The highest BCUT2D eigenvalue weighted by Crippen LogP contribution is 2.07. The fourth-order valence-electron chi connectivity index (χ4n) is 1.45. The van der Waals surface area contributed by atoms with Crippen LogP contribution in [0.3, 0.4) is 0 Å². The molecule has 1 N–H and O–H groups in total. The maximum Gasteiger partial charge on any atom is 0.243 e. The molecule has 3 heteroatoms. The van der Waals surface area contributed by atoms with Crippen LogP contribution in [0.25, 0.3) is 0 Å². The van der Waals surface area contributed by atoms with Crippen LogP contribution in [0.4, 0.5) is 0 Å². The highest BCUT2D eigenvalue weighted by atomic mass is 16.3. The predicted octanol–water partition coefficient (Wildman–Crippen LogP) is -0.257. The van der Waals surface area contributed by atoms with Crippen LogP contribution in [0.5, 0.6) is 0 Å². The van der Waals surface area contributed by atoms with Crippen molar-refractivity contribution in [2.75, 3.05) is 27.2 Å². The summed E-state index contributed by atoms with van der Waals surface area (Å²) in [6.45, 7) is 3.41. The molecule has 3 nitrogen and oxygen atoms in total. The molecule has 1 aliphatic rings. The van der Waals surface area contributed by atoms with Crippen LogP contribution in [0.1, 0.15) is 13.3 Å². The van der Waals surface area contributed by atoms with Crippen LogP contribution in [0.2, 0.25) is 0 Å². The van der Waals surface area contributed by atoms with Crippen LogP contribution in [-0.4, -0.2) is 53.7 Å². The summed E-state index contributed by atoms with van der Waals surface area (Å²) < 4.78 is 2.21. The average molecular weight is 157 g/mol. The van der Waals surface area contributed by atoms with Gasteiger partial charge >= 0.3 is 0 Å². The maximum atomic E-state index is 8.99. The van der Waals surface area contributed by atoms with Gasteiger partial charge in [0.15, 0.2) is 0 Å². The van der Waals surface area contributed by atoms with Gasteiger partial charge in [-0.15, -0.1) is 0 Å². The van der Waals surface area contributed by atoms with Gasteiger partial charge in [-0.05, 0) is 0 Å². The summed E-state index contributed by atoms with van der Waals surface area (Å²) in [5.74, 6) is 1.25. The van der Waals surface area contributed by atoms with E-state index in [1.807, 2.05) is 7.05 Å². The molecule has 0 aliphatic carbocycles. The minimum Gasteiger partial charge on any atom is -0.392 e. The van der Waals surface area contributed by atoms with E-state index in [2.05, 4.69) is 23.4 Å². The summed E-state index contributed by atoms with van der Waals surface area (Å²) in [4.78, 5) is 2.14. The van der Waals surface area contributed by atoms with Crippen molar-refractivity contribution in [3.63, 3.8) is 0 Å². The van der Waals surface area contributed by atoms with Gasteiger partial charge in [-0.1, -0.05) is 0 Å². The number of hydrogen-bond donors (Lipinski definition) is 1. The fourth-order valence-corrected chi connectivity index (χ4v) is 1.45. The van der Waals surface area contributed by atoms with Crippen molar-refractivity contribution >= 4 is 5.84 Å². The zero-order valence-electron chi connectivity index (χ0n) is 7.54. The third-order valence-corrected chi connectivity index (χ3v) is 2.62. The van der Waals surface area contributed by atoms with E-state index >= 15 is 0 Å². The molecule has 1 aliphatic heterocycles. The highest BCUT2D eigenvalue weighted by Gasteiger charge is 2.27. The molecule has 0 amide bonds. The third kappa shape index (κ3) is 1.53. The molecule has 0 aromatic carbocycles. The monoisotopic (exact) mass is 157 g/mol. The molecule has 1 rings (SSSR count). The smallest absolute Gasteiger partial charge is 0.243 e. The van der Waals surface area contributed by atoms with E-state index in [1.54, 1.807) is 0 Å². The van der Waals surface area contributed by atoms with E-state index in [9.17, 15) is 0 Å². The van der Waals surface area contributed by atoms with Crippen molar-refractivity contribution in [3.05, 3.63) is 0 Å². The van der Waals surface area contributed by atoms with E-state index in [4.69, 9.17) is 5.11 Å². The fraction of sp³-hybridized carbons (Fsp3) is 0.875. The number of aliphatic hydroxyl groups is 1. The van der Waals surface area contributed by atoms with Gasteiger partial charge in [-0.25, -0.2) is 0 Å². The number of aliphatic hydroxyl groups excluding tert-OH is 1. The molecular formula is C8H17N2O+. The zero-order valence-corrected chi connectivity index (χ0v) is 7.54. The number of amidine groups is 1. The lowest BCUT2D eigenvalue weighted by Crippen LogP contribution is -2.47. The molecule has 0 aromatic heterocycles. The first kappa shape index (κ1) is 8.53. The molecule has 0 aromatic rings. The topological polar surface area (TPSA) is 26.5 Å².